The lowest BCUT2D eigenvalue weighted by Crippen LogP contribution is -2.21. The topological polar surface area (TPSA) is 54.4 Å². The zero-order valence-corrected chi connectivity index (χ0v) is 11.1. The van der Waals surface area contributed by atoms with Crippen LogP contribution in [0.2, 0.25) is 0 Å². The third-order valence-electron chi connectivity index (χ3n) is 3.52. The molecule has 2 rings (SSSR count). The second kappa shape index (κ2) is 4.97. The summed E-state index contributed by atoms with van der Waals surface area (Å²) < 4.78 is 45.9. The van der Waals surface area contributed by atoms with Crippen LogP contribution in [0, 0.1) is 6.92 Å². The third kappa shape index (κ3) is 2.72. The molecule has 0 saturated heterocycles. The maximum atomic E-state index is 14.0. The molecule has 1 N–H and O–H groups in total. The number of aryl methyl sites for hydroxylation is 1. The van der Waals surface area contributed by atoms with E-state index in [0.29, 0.717) is 18.4 Å². The molecule has 2 atom stereocenters. The Hall–Kier alpha value is -0.940. The normalized spacial score (nSPS) is 25.1. The van der Waals surface area contributed by atoms with Gasteiger partial charge in [-0.15, -0.1) is 0 Å². The maximum absolute atomic E-state index is 14.0. The number of hydrogen-bond acceptors (Lipinski definition) is 2. The van der Waals surface area contributed by atoms with Gasteiger partial charge in [-0.3, -0.25) is 4.55 Å². The van der Waals surface area contributed by atoms with Gasteiger partial charge in [0.2, 0.25) is 0 Å². The van der Waals surface area contributed by atoms with Crippen molar-refractivity contribution in [3.63, 3.8) is 0 Å². The molecule has 0 radical (unpaired) electrons. The van der Waals surface area contributed by atoms with Crippen LogP contribution in [0.1, 0.15) is 42.7 Å². The van der Waals surface area contributed by atoms with E-state index in [1.54, 1.807) is 12.1 Å². The second-order valence-corrected chi connectivity index (χ2v) is 6.31. The quantitative estimate of drug-likeness (QED) is 0.841. The molecule has 0 amide bonds. The number of halogens is 1. The average molecular weight is 272 g/mol. The average Bonchev–Trinajstić information content (AvgIpc) is 2.27. The minimum atomic E-state index is -4.29. The molecule has 0 aromatic heterocycles. The van der Waals surface area contributed by atoms with Gasteiger partial charge in [-0.1, -0.05) is 30.5 Å². The largest absolute Gasteiger partial charge is 0.294 e. The summed E-state index contributed by atoms with van der Waals surface area (Å²) >= 11 is 0. The highest BCUT2D eigenvalue weighted by atomic mass is 32.2. The molecule has 1 saturated carbocycles. The van der Waals surface area contributed by atoms with Gasteiger partial charge in [-0.05, 0) is 31.4 Å². The van der Waals surface area contributed by atoms with Gasteiger partial charge >= 0.3 is 0 Å². The minimum absolute atomic E-state index is 0.150. The molecule has 18 heavy (non-hydrogen) atoms. The van der Waals surface area contributed by atoms with Crippen LogP contribution in [0.4, 0.5) is 4.39 Å². The lowest BCUT2D eigenvalue weighted by Gasteiger charge is -2.27. The van der Waals surface area contributed by atoms with E-state index in [1.165, 1.54) is 6.07 Å². The summed E-state index contributed by atoms with van der Waals surface area (Å²) in [6.07, 6.45) is 1.80. The Bertz CT molecular complexity index is 539. The molecular weight excluding hydrogens is 255 g/mol. The van der Waals surface area contributed by atoms with Gasteiger partial charge in [0.05, 0.1) is 4.90 Å². The van der Waals surface area contributed by atoms with Gasteiger partial charge in [0, 0.05) is 5.92 Å². The van der Waals surface area contributed by atoms with E-state index in [0.717, 1.165) is 18.4 Å². The molecule has 1 aromatic rings. The highest BCUT2D eigenvalue weighted by Crippen LogP contribution is 2.38. The van der Waals surface area contributed by atoms with Gasteiger partial charge in [-0.2, -0.15) is 8.42 Å². The molecule has 1 aromatic carbocycles. The van der Waals surface area contributed by atoms with E-state index in [2.05, 4.69) is 0 Å². The van der Waals surface area contributed by atoms with E-state index in [9.17, 15) is 17.4 Å². The van der Waals surface area contributed by atoms with Crippen LogP contribution in [-0.2, 0) is 10.1 Å². The minimum Gasteiger partial charge on any atom is -0.282 e. The first-order chi connectivity index (χ1) is 8.39. The molecule has 0 spiro atoms. The standard InChI is InChI=1S/C13H17FO3S/c1-9-6-7-13(18(15,16)17)11(8-9)10-4-2-3-5-12(10)14/h6-8,10,12H,2-5H2,1H3,(H,15,16,17). The van der Waals surface area contributed by atoms with E-state index in [-0.39, 0.29) is 4.90 Å². The first-order valence-electron chi connectivity index (χ1n) is 6.11. The molecule has 1 aliphatic rings. The molecule has 0 heterocycles. The molecule has 5 heteroatoms. The van der Waals surface area contributed by atoms with Crippen LogP contribution in [0.25, 0.3) is 0 Å². The molecule has 100 valence electrons. The summed E-state index contributed by atoms with van der Waals surface area (Å²) in [4.78, 5) is -0.150. The summed E-state index contributed by atoms with van der Waals surface area (Å²) in [6.45, 7) is 1.83. The van der Waals surface area contributed by atoms with Crippen molar-refractivity contribution >= 4 is 10.1 Å². The summed E-state index contributed by atoms with van der Waals surface area (Å²) in [5.41, 5.74) is 1.29. The Morgan fingerprint density at radius 3 is 2.56 bits per heavy atom. The van der Waals surface area contributed by atoms with Crippen LogP contribution < -0.4 is 0 Å². The van der Waals surface area contributed by atoms with Crippen LogP contribution in [0.15, 0.2) is 23.1 Å². The van der Waals surface area contributed by atoms with Crippen molar-refractivity contribution in [1.82, 2.24) is 0 Å². The van der Waals surface area contributed by atoms with E-state index in [1.807, 2.05) is 6.92 Å². The lowest BCUT2D eigenvalue weighted by atomic mass is 9.82. The van der Waals surface area contributed by atoms with Crippen LogP contribution >= 0.6 is 0 Å². The summed E-state index contributed by atoms with van der Waals surface area (Å²) in [7, 11) is -4.29. The van der Waals surface area contributed by atoms with Gasteiger partial charge in [-0.25, -0.2) is 4.39 Å². The highest BCUT2D eigenvalue weighted by Gasteiger charge is 2.30. The fourth-order valence-electron chi connectivity index (χ4n) is 2.63. The molecule has 0 aliphatic heterocycles. The number of benzene rings is 1. The Kier molecular flexibility index (Phi) is 3.73. The van der Waals surface area contributed by atoms with E-state index >= 15 is 0 Å². The van der Waals surface area contributed by atoms with E-state index in [4.69, 9.17) is 0 Å². The fraction of sp³-hybridized carbons (Fsp3) is 0.538. The molecular formula is C13H17FO3S. The van der Waals surface area contributed by atoms with Gasteiger partial charge in [0.1, 0.15) is 6.17 Å². The van der Waals surface area contributed by atoms with Crippen molar-refractivity contribution < 1.29 is 17.4 Å². The zero-order chi connectivity index (χ0) is 13.3. The second-order valence-electron chi connectivity index (χ2n) is 4.92. The van der Waals surface area contributed by atoms with Crippen molar-refractivity contribution in [1.29, 1.82) is 0 Å². The first kappa shape index (κ1) is 13.5. The molecule has 0 bridgehead atoms. The van der Waals surface area contributed by atoms with Crippen molar-refractivity contribution in [2.75, 3.05) is 0 Å². The predicted octanol–water partition coefficient (Wildman–Crippen LogP) is 3.24. The van der Waals surface area contributed by atoms with Crippen LogP contribution in [-0.4, -0.2) is 19.1 Å². The van der Waals surface area contributed by atoms with Crippen molar-refractivity contribution in [3.8, 4) is 0 Å². The first-order valence-corrected chi connectivity index (χ1v) is 7.55. The van der Waals surface area contributed by atoms with Gasteiger partial charge in [0.15, 0.2) is 0 Å². The predicted molar refractivity (Wildman–Crippen MR) is 67.1 cm³/mol. The van der Waals surface area contributed by atoms with Crippen molar-refractivity contribution in [2.45, 2.75) is 49.6 Å². The molecule has 3 nitrogen and oxygen atoms in total. The number of rotatable bonds is 2. The summed E-state index contributed by atoms with van der Waals surface area (Å²) in [5.74, 6) is -0.421. The molecule has 2 unspecified atom stereocenters. The number of alkyl halides is 1. The number of hydrogen-bond donors (Lipinski definition) is 1. The smallest absolute Gasteiger partial charge is 0.282 e. The Labute approximate surface area is 107 Å². The monoisotopic (exact) mass is 272 g/mol. The Morgan fingerprint density at radius 1 is 1.28 bits per heavy atom. The summed E-state index contributed by atoms with van der Waals surface area (Å²) in [6, 6.07) is 4.65. The fourth-order valence-corrected chi connectivity index (χ4v) is 3.38. The van der Waals surface area contributed by atoms with Gasteiger partial charge in [0.25, 0.3) is 10.1 Å². The van der Waals surface area contributed by atoms with Crippen LogP contribution in [0.3, 0.4) is 0 Å². The lowest BCUT2D eigenvalue weighted by molar-refractivity contribution is 0.214. The Balaban J connectivity index is 2.51. The van der Waals surface area contributed by atoms with Crippen LogP contribution in [0.5, 0.6) is 0 Å². The molecule has 1 fully saturated rings. The third-order valence-corrected chi connectivity index (χ3v) is 4.45. The Morgan fingerprint density at radius 2 is 1.94 bits per heavy atom. The van der Waals surface area contributed by atoms with Gasteiger partial charge < -0.3 is 0 Å². The van der Waals surface area contributed by atoms with Crippen molar-refractivity contribution in [3.05, 3.63) is 29.3 Å². The SMILES string of the molecule is Cc1ccc(S(=O)(=O)O)c(C2CCCCC2F)c1. The highest BCUT2D eigenvalue weighted by molar-refractivity contribution is 7.85. The maximum Gasteiger partial charge on any atom is 0.294 e. The zero-order valence-electron chi connectivity index (χ0n) is 10.3. The van der Waals surface area contributed by atoms with Crippen molar-refractivity contribution in [2.24, 2.45) is 0 Å². The summed E-state index contributed by atoms with van der Waals surface area (Å²) in [5, 5.41) is 0. The van der Waals surface area contributed by atoms with E-state index < -0.39 is 22.2 Å². The molecule has 1 aliphatic carbocycles.